The molecular weight excluding hydrogens is 264 g/mol. The molecule has 1 atom stereocenters. The lowest BCUT2D eigenvalue weighted by molar-refractivity contribution is 0.173. The van der Waals surface area contributed by atoms with Crippen molar-refractivity contribution in [2.75, 3.05) is 0 Å². The van der Waals surface area contributed by atoms with Gasteiger partial charge in [-0.2, -0.15) is 0 Å². The van der Waals surface area contributed by atoms with Gasteiger partial charge in [0, 0.05) is 11.1 Å². The topological polar surface area (TPSA) is 63.8 Å². The molecule has 5 heteroatoms. The lowest BCUT2D eigenvalue weighted by Crippen LogP contribution is -2.06. The average molecular weight is 280 g/mol. The third-order valence-electron chi connectivity index (χ3n) is 3.34. The molecule has 0 bridgehead atoms. The van der Waals surface area contributed by atoms with Crippen LogP contribution in [-0.2, 0) is 0 Å². The highest BCUT2D eigenvalue weighted by Gasteiger charge is 2.14. The Morgan fingerprint density at radius 3 is 2.52 bits per heavy atom. The van der Waals surface area contributed by atoms with Gasteiger partial charge in [0.25, 0.3) is 0 Å². The lowest BCUT2D eigenvalue weighted by Gasteiger charge is -2.12. The van der Waals surface area contributed by atoms with Crippen molar-refractivity contribution < 1.29 is 5.11 Å². The van der Waals surface area contributed by atoms with Crippen LogP contribution in [0.5, 0.6) is 0 Å². The first kappa shape index (κ1) is 13.5. The lowest BCUT2D eigenvalue weighted by atomic mass is 10.1. The number of para-hydroxylation sites is 1. The number of aliphatic hydroxyl groups excluding tert-OH is 1. The molecule has 0 radical (unpaired) electrons. The molecule has 0 fully saturated rings. The van der Waals surface area contributed by atoms with E-state index in [1.54, 1.807) is 0 Å². The first-order valence-electron chi connectivity index (χ1n) is 6.92. The molecule has 0 saturated carbocycles. The molecule has 3 rings (SSSR count). The molecule has 0 saturated heterocycles. The molecule has 0 aliphatic heterocycles. The highest BCUT2D eigenvalue weighted by molar-refractivity contribution is 5.53. The van der Waals surface area contributed by atoms with E-state index in [0.717, 1.165) is 16.8 Å². The van der Waals surface area contributed by atoms with Crippen molar-refractivity contribution in [2.45, 2.75) is 19.4 Å². The Labute approximate surface area is 122 Å². The van der Waals surface area contributed by atoms with Gasteiger partial charge < -0.3 is 5.11 Å². The van der Waals surface area contributed by atoms with Gasteiger partial charge in [-0.15, -0.1) is 15.0 Å². The molecule has 1 aromatic heterocycles. The van der Waals surface area contributed by atoms with E-state index in [9.17, 15) is 5.11 Å². The number of aromatic nitrogens is 4. The van der Waals surface area contributed by atoms with E-state index in [1.165, 1.54) is 4.80 Å². The van der Waals surface area contributed by atoms with Crippen molar-refractivity contribution in [3.05, 3.63) is 60.2 Å². The van der Waals surface area contributed by atoms with Gasteiger partial charge in [0.1, 0.15) is 0 Å². The maximum atomic E-state index is 10.1. The normalized spacial score (nSPS) is 12.3. The minimum absolute atomic E-state index is 0.535. The van der Waals surface area contributed by atoms with Gasteiger partial charge in [0.15, 0.2) is 0 Å². The predicted octanol–water partition coefficient (Wildman–Crippen LogP) is 2.77. The van der Waals surface area contributed by atoms with Gasteiger partial charge in [-0.05, 0) is 17.7 Å². The van der Waals surface area contributed by atoms with Crippen LogP contribution in [-0.4, -0.2) is 25.3 Å². The van der Waals surface area contributed by atoms with Crippen LogP contribution in [0.1, 0.15) is 25.0 Å². The minimum Gasteiger partial charge on any atom is -0.388 e. The monoisotopic (exact) mass is 280 g/mol. The maximum absolute atomic E-state index is 10.1. The molecule has 3 aromatic rings. The van der Waals surface area contributed by atoms with Crippen LogP contribution in [0.3, 0.4) is 0 Å². The molecular formula is C16H16N4O. The maximum Gasteiger partial charge on any atom is 0.205 e. The first-order valence-corrected chi connectivity index (χ1v) is 6.92. The summed E-state index contributed by atoms with van der Waals surface area (Å²) in [7, 11) is 0. The van der Waals surface area contributed by atoms with Gasteiger partial charge in [-0.1, -0.05) is 55.5 Å². The smallest absolute Gasteiger partial charge is 0.205 e. The van der Waals surface area contributed by atoms with Crippen molar-refractivity contribution in [1.29, 1.82) is 0 Å². The summed E-state index contributed by atoms with van der Waals surface area (Å²) in [5, 5.41) is 22.7. The predicted molar refractivity (Wildman–Crippen MR) is 79.8 cm³/mol. The van der Waals surface area contributed by atoms with Crippen LogP contribution in [0.2, 0.25) is 0 Å². The van der Waals surface area contributed by atoms with Gasteiger partial charge in [-0.25, -0.2) is 0 Å². The molecule has 21 heavy (non-hydrogen) atoms. The number of nitrogens with zero attached hydrogens (tertiary/aromatic N) is 4. The molecule has 1 heterocycles. The quantitative estimate of drug-likeness (QED) is 0.798. The van der Waals surface area contributed by atoms with Gasteiger partial charge in [0.2, 0.25) is 5.82 Å². The minimum atomic E-state index is -0.535. The Hall–Kier alpha value is -2.53. The van der Waals surface area contributed by atoms with Crippen LogP contribution < -0.4 is 0 Å². The van der Waals surface area contributed by atoms with Crippen molar-refractivity contribution >= 4 is 0 Å². The van der Waals surface area contributed by atoms with Crippen molar-refractivity contribution in [3.8, 4) is 17.1 Å². The molecule has 2 aromatic carbocycles. The number of tetrazole rings is 1. The van der Waals surface area contributed by atoms with Gasteiger partial charge >= 0.3 is 0 Å². The van der Waals surface area contributed by atoms with Gasteiger partial charge in [0.05, 0.1) is 11.8 Å². The highest BCUT2D eigenvalue weighted by Crippen LogP contribution is 2.23. The second-order valence-electron chi connectivity index (χ2n) is 4.75. The second kappa shape index (κ2) is 5.85. The van der Waals surface area contributed by atoms with E-state index in [1.807, 2.05) is 61.5 Å². The summed E-state index contributed by atoms with van der Waals surface area (Å²) in [4.78, 5) is 1.47. The Balaban J connectivity index is 2.01. The van der Waals surface area contributed by atoms with Crippen molar-refractivity contribution in [1.82, 2.24) is 20.2 Å². The molecule has 106 valence electrons. The SMILES string of the molecule is CC[C@@H](O)c1ccccc1-n1nnc(-c2ccccc2)n1. The summed E-state index contributed by atoms with van der Waals surface area (Å²) >= 11 is 0. The van der Waals surface area contributed by atoms with Crippen LogP contribution in [0, 0.1) is 0 Å². The van der Waals surface area contributed by atoms with Crippen LogP contribution in [0.25, 0.3) is 17.1 Å². The first-order chi connectivity index (χ1) is 10.3. The summed E-state index contributed by atoms with van der Waals surface area (Å²) in [5.74, 6) is 0.566. The zero-order valence-corrected chi connectivity index (χ0v) is 11.7. The molecule has 0 spiro atoms. The number of benzene rings is 2. The standard InChI is InChI=1S/C16H16N4O/c1-2-15(21)13-10-6-7-11-14(13)20-18-16(17-19-20)12-8-4-3-5-9-12/h3-11,15,21H,2H2,1H3/t15-/m1/s1. The molecule has 0 amide bonds. The Morgan fingerprint density at radius 2 is 1.76 bits per heavy atom. The summed E-state index contributed by atoms with van der Waals surface area (Å²) in [6.07, 6.45) is 0.101. The van der Waals surface area contributed by atoms with E-state index in [-0.39, 0.29) is 0 Å². The average Bonchev–Trinajstić information content (AvgIpc) is 3.05. The Bertz CT molecular complexity index is 724. The third kappa shape index (κ3) is 2.68. The Morgan fingerprint density at radius 1 is 1.05 bits per heavy atom. The van der Waals surface area contributed by atoms with Crippen LogP contribution in [0.4, 0.5) is 0 Å². The van der Waals surface area contributed by atoms with Crippen LogP contribution in [0.15, 0.2) is 54.6 Å². The van der Waals surface area contributed by atoms with E-state index in [0.29, 0.717) is 12.2 Å². The summed E-state index contributed by atoms with van der Waals surface area (Å²) in [5.41, 5.74) is 2.47. The van der Waals surface area contributed by atoms with E-state index in [2.05, 4.69) is 15.4 Å². The number of rotatable bonds is 4. The van der Waals surface area contributed by atoms with Gasteiger partial charge in [-0.3, -0.25) is 0 Å². The van der Waals surface area contributed by atoms with E-state index < -0.39 is 6.10 Å². The third-order valence-corrected chi connectivity index (χ3v) is 3.34. The summed E-state index contributed by atoms with van der Waals surface area (Å²) in [6, 6.07) is 17.2. The van der Waals surface area contributed by atoms with E-state index in [4.69, 9.17) is 0 Å². The fourth-order valence-corrected chi connectivity index (χ4v) is 2.19. The van der Waals surface area contributed by atoms with Crippen molar-refractivity contribution in [2.24, 2.45) is 0 Å². The zero-order chi connectivity index (χ0) is 14.7. The largest absolute Gasteiger partial charge is 0.388 e. The van der Waals surface area contributed by atoms with Crippen molar-refractivity contribution in [3.63, 3.8) is 0 Å². The number of aliphatic hydroxyl groups is 1. The number of hydrogen-bond acceptors (Lipinski definition) is 4. The van der Waals surface area contributed by atoms with E-state index >= 15 is 0 Å². The molecule has 5 nitrogen and oxygen atoms in total. The number of hydrogen-bond donors (Lipinski definition) is 1. The molecule has 0 aliphatic rings. The fourth-order valence-electron chi connectivity index (χ4n) is 2.19. The fraction of sp³-hybridized carbons (Fsp3) is 0.188. The second-order valence-corrected chi connectivity index (χ2v) is 4.75. The Kier molecular flexibility index (Phi) is 3.75. The molecule has 1 N–H and O–H groups in total. The zero-order valence-electron chi connectivity index (χ0n) is 11.7. The summed E-state index contributed by atoms with van der Waals surface area (Å²) < 4.78 is 0. The summed E-state index contributed by atoms with van der Waals surface area (Å²) in [6.45, 7) is 1.94. The highest BCUT2D eigenvalue weighted by atomic mass is 16.3. The molecule has 0 unspecified atom stereocenters. The van der Waals surface area contributed by atoms with Crippen LogP contribution >= 0.6 is 0 Å². The molecule has 0 aliphatic carbocycles.